The second-order valence-corrected chi connectivity index (χ2v) is 5.54. The molecule has 0 amide bonds. The van der Waals surface area contributed by atoms with Crippen LogP contribution in [-0.4, -0.2) is 36.7 Å². The van der Waals surface area contributed by atoms with Crippen molar-refractivity contribution in [3.63, 3.8) is 0 Å². The molecule has 2 aliphatic rings. The van der Waals surface area contributed by atoms with E-state index < -0.39 is 6.61 Å². The maximum absolute atomic E-state index is 12.1. The molecule has 5 heteroatoms. The standard InChI is InChI=1S/C15H20F2N2O/c16-15(17)20-12-5-3-11(4-6-12)10-18-13-7-9-19-8-1-2-14(13)19/h3-6,13-15,18H,1-2,7-10H2. The van der Waals surface area contributed by atoms with E-state index in [1.54, 1.807) is 12.1 Å². The van der Waals surface area contributed by atoms with Crippen LogP contribution in [0.15, 0.2) is 24.3 Å². The van der Waals surface area contributed by atoms with Gasteiger partial charge in [0.15, 0.2) is 0 Å². The third-order valence-electron chi connectivity index (χ3n) is 4.32. The van der Waals surface area contributed by atoms with Gasteiger partial charge in [0.1, 0.15) is 5.75 Å². The SMILES string of the molecule is FC(F)Oc1ccc(CNC2CCN3CCCC23)cc1. The third kappa shape index (κ3) is 3.10. The minimum absolute atomic E-state index is 0.214. The van der Waals surface area contributed by atoms with Crippen LogP contribution in [-0.2, 0) is 6.54 Å². The average molecular weight is 282 g/mol. The van der Waals surface area contributed by atoms with E-state index in [0.29, 0.717) is 12.1 Å². The number of ether oxygens (including phenoxy) is 1. The van der Waals surface area contributed by atoms with Crippen LogP contribution in [0, 0.1) is 0 Å². The number of alkyl halides is 2. The van der Waals surface area contributed by atoms with Gasteiger partial charge in [-0.3, -0.25) is 4.90 Å². The van der Waals surface area contributed by atoms with Crippen molar-refractivity contribution in [3.8, 4) is 5.75 Å². The lowest BCUT2D eigenvalue weighted by atomic mass is 10.1. The van der Waals surface area contributed by atoms with Crippen LogP contribution >= 0.6 is 0 Å². The summed E-state index contributed by atoms with van der Waals surface area (Å²) in [6, 6.07) is 8.13. The molecule has 110 valence electrons. The van der Waals surface area contributed by atoms with Crippen LogP contribution < -0.4 is 10.1 Å². The zero-order valence-electron chi connectivity index (χ0n) is 11.4. The van der Waals surface area contributed by atoms with Gasteiger partial charge in [-0.25, -0.2) is 0 Å². The molecule has 0 aliphatic carbocycles. The number of nitrogens with one attached hydrogen (secondary N) is 1. The topological polar surface area (TPSA) is 24.5 Å². The first kappa shape index (κ1) is 13.8. The fourth-order valence-electron chi connectivity index (χ4n) is 3.36. The van der Waals surface area contributed by atoms with E-state index >= 15 is 0 Å². The molecular weight excluding hydrogens is 262 g/mol. The number of benzene rings is 1. The lowest BCUT2D eigenvalue weighted by molar-refractivity contribution is -0.0498. The molecule has 0 spiro atoms. The molecule has 2 fully saturated rings. The Labute approximate surface area is 117 Å². The maximum atomic E-state index is 12.1. The first-order valence-corrected chi connectivity index (χ1v) is 7.23. The van der Waals surface area contributed by atoms with E-state index in [9.17, 15) is 8.78 Å². The highest BCUT2D eigenvalue weighted by Crippen LogP contribution is 2.28. The van der Waals surface area contributed by atoms with Crippen molar-refractivity contribution >= 4 is 0 Å². The van der Waals surface area contributed by atoms with E-state index in [1.807, 2.05) is 12.1 Å². The van der Waals surface area contributed by atoms with Crippen LogP contribution in [0.5, 0.6) is 5.75 Å². The summed E-state index contributed by atoms with van der Waals surface area (Å²) in [6.07, 6.45) is 3.80. The zero-order chi connectivity index (χ0) is 13.9. The summed E-state index contributed by atoms with van der Waals surface area (Å²) in [5.74, 6) is 0.214. The largest absolute Gasteiger partial charge is 0.435 e. The summed E-state index contributed by atoms with van der Waals surface area (Å²) in [7, 11) is 0. The highest BCUT2D eigenvalue weighted by atomic mass is 19.3. The highest BCUT2D eigenvalue weighted by Gasteiger charge is 2.36. The molecule has 1 aromatic rings. The maximum Gasteiger partial charge on any atom is 0.387 e. The molecule has 3 rings (SSSR count). The van der Waals surface area contributed by atoms with Crippen LogP contribution in [0.3, 0.4) is 0 Å². The third-order valence-corrected chi connectivity index (χ3v) is 4.32. The number of fused-ring (bicyclic) bond motifs is 1. The fourth-order valence-corrected chi connectivity index (χ4v) is 3.36. The summed E-state index contributed by atoms with van der Waals surface area (Å²) in [6.45, 7) is 0.460. The molecular formula is C15H20F2N2O. The number of hydrogen-bond acceptors (Lipinski definition) is 3. The molecule has 0 aromatic heterocycles. The number of nitrogens with zero attached hydrogens (tertiary/aromatic N) is 1. The van der Waals surface area contributed by atoms with Crippen LogP contribution in [0.2, 0.25) is 0 Å². The molecule has 2 unspecified atom stereocenters. The molecule has 3 nitrogen and oxygen atoms in total. The van der Waals surface area contributed by atoms with Gasteiger partial charge in [0.05, 0.1) is 0 Å². The second-order valence-electron chi connectivity index (χ2n) is 5.54. The Bertz CT molecular complexity index is 438. The number of halogens is 2. The molecule has 0 saturated carbocycles. The van der Waals surface area contributed by atoms with Gasteiger partial charge in [-0.15, -0.1) is 0 Å². The lowest BCUT2D eigenvalue weighted by Gasteiger charge is -2.21. The molecule has 0 bridgehead atoms. The average Bonchev–Trinajstić information content (AvgIpc) is 3.01. The van der Waals surface area contributed by atoms with E-state index in [1.165, 1.54) is 32.4 Å². The Morgan fingerprint density at radius 1 is 1.20 bits per heavy atom. The first-order chi connectivity index (χ1) is 9.72. The Balaban J connectivity index is 1.51. The summed E-state index contributed by atoms with van der Waals surface area (Å²) in [5.41, 5.74) is 1.10. The van der Waals surface area contributed by atoms with Gasteiger partial charge in [-0.1, -0.05) is 12.1 Å². The summed E-state index contributed by atoms with van der Waals surface area (Å²) in [4.78, 5) is 2.57. The summed E-state index contributed by atoms with van der Waals surface area (Å²) >= 11 is 0. The lowest BCUT2D eigenvalue weighted by Crippen LogP contribution is -2.38. The van der Waals surface area contributed by atoms with Crippen molar-refractivity contribution in [3.05, 3.63) is 29.8 Å². The quantitative estimate of drug-likeness (QED) is 0.898. The molecule has 2 saturated heterocycles. The van der Waals surface area contributed by atoms with Gasteiger partial charge in [0, 0.05) is 25.2 Å². The van der Waals surface area contributed by atoms with Crippen LogP contribution in [0.25, 0.3) is 0 Å². The molecule has 0 radical (unpaired) electrons. The van der Waals surface area contributed by atoms with Gasteiger partial charge >= 0.3 is 6.61 Å². The van der Waals surface area contributed by atoms with E-state index in [0.717, 1.165) is 12.1 Å². The summed E-state index contributed by atoms with van der Waals surface area (Å²) in [5, 5.41) is 3.60. The second kappa shape index (κ2) is 6.06. The molecule has 1 aromatic carbocycles. The minimum Gasteiger partial charge on any atom is -0.435 e. The summed E-state index contributed by atoms with van der Waals surface area (Å²) < 4.78 is 28.5. The molecule has 2 aliphatic heterocycles. The van der Waals surface area contributed by atoms with Gasteiger partial charge in [0.2, 0.25) is 0 Å². The molecule has 2 heterocycles. The molecule has 1 N–H and O–H groups in total. The Hall–Kier alpha value is -1.20. The van der Waals surface area contributed by atoms with Crippen molar-refractivity contribution < 1.29 is 13.5 Å². The van der Waals surface area contributed by atoms with Gasteiger partial charge in [-0.2, -0.15) is 8.78 Å². The van der Waals surface area contributed by atoms with E-state index in [4.69, 9.17) is 0 Å². The smallest absolute Gasteiger partial charge is 0.387 e. The fraction of sp³-hybridized carbons (Fsp3) is 0.600. The van der Waals surface area contributed by atoms with Crippen molar-refractivity contribution in [2.75, 3.05) is 13.1 Å². The Morgan fingerprint density at radius 2 is 2.00 bits per heavy atom. The molecule has 20 heavy (non-hydrogen) atoms. The van der Waals surface area contributed by atoms with Crippen molar-refractivity contribution in [1.82, 2.24) is 10.2 Å². The van der Waals surface area contributed by atoms with Gasteiger partial charge < -0.3 is 10.1 Å². The Morgan fingerprint density at radius 3 is 2.75 bits per heavy atom. The monoisotopic (exact) mass is 282 g/mol. The Kier molecular flexibility index (Phi) is 4.17. The predicted octanol–water partition coefficient (Wildman–Crippen LogP) is 2.61. The van der Waals surface area contributed by atoms with Crippen LogP contribution in [0.4, 0.5) is 8.78 Å². The molecule has 2 atom stereocenters. The first-order valence-electron chi connectivity index (χ1n) is 7.23. The van der Waals surface area contributed by atoms with Crippen LogP contribution in [0.1, 0.15) is 24.8 Å². The van der Waals surface area contributed by atoms with Crippen molar-refractivity contribution in [2.24, 2.45) is 0 Å². The highest BCUT2D eigenvalue weighted by molar-refractivity contribution is 5.27. The van der Waals surface area contributed by atoms with Gasteiger partial charge in [0.25, 0.3) is 0 Å². The van der Waals surface area contributed by atoms with Crippen molar-refractivity contribution in [2.45, 2.75) is 44.5 Å². The minimum atomic E-state index is -2.76. The van der Waals surface area contributed by atoms with E-state index in [2.05, 4.69) is 15.0 Å². The normalized spacial score (nSPS) is 26.1. The predicted molar refractivity (Wildman–Crippen MR) is 72.9 cm³/mol. The number of rotatable bonds is 5. The van der Waals surface area contributed by atoms with Gasteiger partial charge in [-0.05, 0) is 43.5 Å². The van der Waals surface area contributed by atoms with E-state index in [-0.39, 0.29) is 5.75 Å². The van der Waals surface area contributed by atoms with Crippen molar-refractivity contribution in [1.29, 1.82) is 0 Å². The number of hydrogen-bond donors (Lipinski definition) is 1. The zero-order valence-corrected chi connectivity index (χ0v) is 11.4.